The first kappa shape index (κ1) is 9.54. The predicted octanol–water partition coefficient (Wildman–Crippen LogP) is 2.97. The third-order valence-corrected chi connectivity index (χ3v) is 1.43. The van der Waals surface area contributed by atoms with Crippen molar-refractivity contribution in [3.05, 3.63) is 11.8 Å². The van der Waals surface area contributed by atoms with Crippen LogP contribution in [-0.2, 0) is 4.74 Å². The summed E-state index contributed by atoms with van der Waals surface area (Å²) in [4.78, 5) is 0. The second kappa shape index (κ2) is 5.33. The van der Waals surface area contributed by atoms with Gasteiger partial charge in [0, 0.05) is 0 Å². The molecule has 0 bridgehead atoms. The first-order valence-electron chi connectivity index (χ1n) is 3.92. The van der Waals surface area contributed by atoms with Crippen LogP contribution >= 0.6 is 0 Å². The molecule has 0 heterocycles. The first-order valence-corrected chi connectivity index (χ1v) is 3.92. The van der Waals surface area contributed by atoms with E-state index in [1.807, 2.05) is 19.9 Å². The Morgan fingerprint density at radius 2 is 2.10 bits per heavy atom. The van der Waals surface area contributed by atoms with Crippen molar-refractivity contribution >= 4 is 0 Å². The molecule has 1 heteroatoms. The van der Waals surface area contributed by atoms with E-state index >= 15 is 0 Å². The molecule has 0 aromatic carbocycles. The topological polar surface area (TPSA) is 9.23 Å². The van der Waals surface area contributed by atoms with Gasteiger partial charge < -0.3 is 4.74 Å². The zero-order valence-corrected chi connectivity index (χ0v) is 7.48. The molecule has 60 valence electrons. The van der Waals surface area contributed by atoms with Crippen molar-refractivity contribution in [2.24, 2.45) is 5.92 Å². The van der Waals surface area contributed by atoms with E-state index in [2.05, 4.69) is 13.8 Å². The lowest BCUT2D eigenvalue weighted by molar-refractivity contribution is 0.197. The van der Waals surface area contributed by atoms with Crippen LogP contribution in [0.1, 0.15) is 34.1 Å². The molecule has 1 nitrogen and oxygen atoms in total. The maximum absolute atomic E-state index is 5.36. The van der Waals surface area contributed by atoms with E-state index in [9.17, 15) is 0 Å². The Balaban J connectivity index is 3.20. The van der Waals surface area contributed by atoms with Gasteiger partial charge in [0.15, 0.2) is 0 Å². The molecule has 0 aliphatic heterocycles. The molecule has 0 fully saturated rings. The molecule has 0 aliphatic rings. The molecular formula is C9H18O. The van der Waals surface area contributed by atoms with Crippen molar-refractivity contribution in [2.45, 2.75) is 34.1 Å². The van der Waals surface area contributed by atoms with E-state index < -0.39 is 0 Å². The first-order chi connectivity index (χ1) is 4.66. The zero-order valence-electron chi connectivity index (χ0n) is 7.48. The van der Waals surface area contributed by atoms with Crippen LogP contribution in [-0.4, -0.2) is 6.61 Å². The number of allylic oxidation sites excluding steroid dienone is 2. The number of rotatable bonds is 4. The van der Waals surface area contributed by atoms with Gasteiger partial charge in [-0.1, -0.05) is 19.9 Å². The van der Waals surface area contributed by atoms with Gasteiger partial charge in [-0.3, -0.25) is 0 Å². The lowest BCUT2D eigenvalue weighted by Gasteiger charge is -2.06. The van der Waals surface area contributed by atoms with Crippen molar-refractivity contribution in [2.75, 3.05) is 6.61 Å². The molecule has 0 radical (unpaired) electrons. The predicted molar refractivity (Wildman–Crippen MR) is 44.8 cm³/mol. The SMILES string of the molecule is CC=C(C)OCCC(C)C. The summed E-state index contributed by atoms with van der Waals surface area (Å²) < 4.78 is 5.36. The summed E-state index contributed by atoms with van der Waals surface area (Å²) in [5.41, 5.74) is 0. The molecule has 0 aromatic rings. The Labute approximate surface area is 64.1 Å². The highest BCUT2D eigenvalue weighted by Crippen LogP contribution is 2.02. The standard InChI is InChI=1S/C9H18O/c1-5-9(4)10-7-6-8(2)3/h5,8H,6-7H2,1-4H3. The summed E-state index contributed by atoms with van der Waals surface area (Å²) in [5.74, 6) is 1.77. The molecule has 0 atom stereocenters. The van der Waals surface area contributed by atoms with Crippen molar-refractivity contribution in [3.63, 3.8) is 0 Å². The minimum Gasteiger partial charge on any atom is -0.499 e. The Hall–Kier alpha value is -0.460. The van der Waals surface area contributed by atoms with Gasteiger partial charge in [0.2, 0.25) is 0 Å². The Bertz CT molecular complexity index is 103. The summed E-state index contributed by atoms with van der Waals surface area (Å²) in [6.07, 6.45) is 3.13. The fourth-order valence-corrected chi connectivity index (χ4v) is 0.539. The Morgan fingerprint density at radius 3 is 2.50 bits per heavy atom. The molecule has 0 saturated carbocycles. The third kappa shape index (κ3) is 5.67. The molecule has 0 amide bonds. The maximum Gasteiger partial charge on any atom is 0.0886 e. The molecular weight excluding hydrogens is 124 g/mol. The molecule has 0 rings (SSSR count). The van der Waals surface area contributed by atoms with Gasteiger partial charge in [0.1, 0.15) is 0 Å². The van der Waals surface area contributed by atoms with Crippen LogP contribution < -0.4 is 0 Å². The second-order valence-corrected chi connectivity index (χ2v) is 2.93. The van der Waals surface area contributed by atoms with Gasteiger partial charge in [-0.25, -0.2) is 0 Å². The molecule has 0 unspecified atom stereocenters. The van der Waals surface area contributed by atoms with Crippen LogP contribution in [0.3, 0.4) is 0 Å². The van der Waals surface area contributed by atoms with Crippen LogP contribution in [0.15, 0.2) is 11.8 Å². The second-order valence-electron chi connectivity index (χ2n) is 2.93. The van der Waals surface area contributed by atoms with E-state index in [1.54, 1.807) is 0 Å². The van der Waals surface area contributed by atoms with Crippen LogP contribution in [0.25, 0.3) is 0 Å². The Kier molecular flexibility index (Phi) is 5.09. The molecule has 10 heavy (non-hydrogen) atoms. The van der Waals surface area contributed by atoms with Crippen molar-refractivity contribution in [1.82, 2.24) is 0 Å². The highest BCUT2D eigenvalue weighted by atomic mass is 16.5. The third-order valence-electron chi connectivity index (χ3n) is 1.43. The van der Waals surface area contributed by atoms with Gasteiger partial charge >= 0.3 is 0 Å². The quantitative estimate of drug-likeness (QED) is 0.548. The van der Waals surface area contributed by atoms with E-state index in [0.717, 1.165) is 24.7 Å². The highest BCUT2D eigenvalue weighted by molar-refractivity contribution is 4.83. The van der Waals surface area contributed by atoms with Crippen molar-refractivity contribution < 1.29 is 4.74 Å². The van der Waals surface area contributed by atoms with Gasteiger partial charge in [-0.15, -0.1) is 0 Å². The van der Waals surface area contributed by atoms with Gasteiger partial charge in [0.25, 0.3) is 0 Å². The van der Waals surface area contributed by atoms with E-state index in [1.165, 1.54) is 0 Å². The van der Waals surface area contributed by atoms with Crippen LogP contribution in [0, 0.1) is 5.92 Å². The monoisotopic (exact) mass is 142 g/mol. The lowest BCUT2D eigenvalue weighted by atomic mass is 10.1. The molecule has 0 saturated heterocycles. The normalized spacial score (nSPS) is 12.3. The average Bonchev–Trinajstić information content (AvgIpc) is 1.87. The molecule has 0 aromatic heterocycles. The number of hydrogen-bond donors (Lipinski definition) is 0. The fraction of sp³-hybridized carbons (Fsp3) is 0.778. The van der Waals surface area contributed by atoms with E-state index in [0.29, 0.717) is 0 Å². The minimum atomic E-state index is 0.740. The minimum absolute atomic E-state index is 0.740. The number of hydrogen-bond acceptors (Lipinski definition) is 1. The van der Waals surface area contributed by atoms with Crippen molar-refractivity contribution in [1.29, 1.82) is 0 Å². The summed E-state index contributed by atoms with van der Waals surface area (Å²) in [7, 11) is 0. The smallest absolute Gasteiger partial charge is 0.0886 e. The maximum atomic E-state index is 5.36. The zero-order chi connectivity index (χ0) is 7.98. The summed E-state index contributed by atoms with van der Waals surface area (Å²) in [6, 6.07) is 0. The van der Waals surface area contributed by atoms with Gasteiger partial charge in [0.05, 0.1) is 12.4 Å². The van der Waals surface area contributed by atoms with Crippen molar-refractivity contribution in [3.8, 4) is 0 Å². The van der Waals surface area contributed by atoms with E-state index in [4.69, 9.17) is 4.74 Å². The summed E-state index contributed by atoms with van der Waals surface area (Å²) in [6.45, 7) is 9.24. The summed E-state index contributed by atoms with van der Waals surface area (Å²) >= 11 is 0. The van der Waals surface area contributed by atoms with Crippen LogP contribution in [0.5, 0.6) is 0 Å². The highest BCUT2D eigenvalue weighted by Gasteiger charge is 1.93. The summed E-state index contributed by atoms with van der Waals surface area (Å²) in [5, 5.41) is 0. The van der Waals surface area contributed by atoms with Gasteiger partial charge in [-0.05, 0) is 26.2 Å². The van der Waals surface area contributed by atoms with Crippen LogP contribution in [0.4, 0.5) is 0 Å². The van der Waals surface area contributed by atoms with Crippen LogP contribution in [0.2, 0.25) is 0 Å². The average molecular weight is 142 g/mol. The molecule has 0 aliphatic carbocycles. The molecule has 0 N–H and O–H groups in total. The lowest BCUT2D eigenvalue weighted by Crippen LogP contribution is -1.96. The van der Waals surface area contributed by atoms with Gasteiger partial charge in [-0.2, -0.15) is 0 Å². The fourth-order valence-electron chi connectivity index (χ4n) is 0.539. The largest absolute Gasteiger partial charge is 0.499 e. The Morgan fingerprint density at radius 1 is 1.50 bits per heavy atom. The van der Waals surface area contributed by atoms with E-state index in [-0.39, 0.29) is 0 Å². The number of ether oxygens (including phenoxy) is 1. The molecule has 0 spiro atoms.